The molecular weight excluding hydrogens is 500 g/mol. The van der Waals surface area contributed by atoms with E-state index in [0.29, 0.717) is 16.9 Å². The number of halogens is 2. The molecule has 0 spiro atoms. The van der Waals surface area contributed by atoms with Crippen LogP contribution in [0.3, 0.4) is 0 Å². The Morgan fingerprint density at radius 2 is 1.82 bits per heavy atom. The van der Waals surface area contributed by atoms with Crippen molar-refractivity contribution in [2.75, 3.05) is 14.2 Å². The number of nitrogens with zero attached hydrogens (tertiary/aromatic N) is 5. The van der Waals surface area contributed by atoms with Gasteiger partial charge in [0.1, 0.15) is 17.3 Å². The Morgan fingerprint density at radius 3 is 2.53 bits per heavy atom. The van der Waals surface area contributed by atoms with Crippen molar-refractivity contribution in [3.05, 3.63) is 89.8 Å². The Labute approximate surface area is 215 Å². The van der Waals surface area contributed by atoms with Crippen molar-refractivity contribution in [1.82, 2.24) is 15.2 Å². The lowest BCUT2D eigenvalue weighted by atomic mass is 10.1. The van der Waals surface area contributed by atoms with E-state index in [1.54, 1.807) is 30.3 Å². The first-order valence-corrected chi connectivity index (χ1v) is 11.0. The molecule has 0 unspecified atom stereocenters. The number of rotatable bonds is 10. The van der Waals surface area contributed by atoms with Gasteiger partial charge < -0.3 is 18.7 Å². The fourth-order valence-corrected chi connectivity index (χ4v) is 3.20. The minimum atomic E-state index is -0.844. The molecule has 13 heteroatoms. The third kappa shape index (κ3) is 5.95. The zero-order valence-corrected chi connectivity index (χ0v) is 20.2. The summed E-state index contributed by atoms with van der Waals surface area (Å²) >= 11 is 0. The van der Waals surface area contributed by atoms with Crippen molar-refractivity contribution in [3.8, 4) is 28.7 Å². The molecule has 0 atom stereocenters. The first-order chi connectivity index (χ1) is 18.4. The zero-order chi connectivity index (χ0) is 27.1. The fourth-order valence-electron chi connectivity index (χ4n) is 3.20. The van der Waals surface area contributed by atoms with Crippen LogP contribution < -0.4 is 9.47 Å². The van der Waals surface area contributed by atoms with Gasteiger partial charge in [0.25, 0.3) is 11.8 Å². The summed E-state index contributed by atoms with van der Waals surface area (Å²) in [6.45, 7) is -0.203. The van der Waals surface area contributed by atoms with E-state index in [1.807, 2.05) is 6.07 Å². The molecule has 0 saturated heterocycles. The highest BCUT2D eigenvalue weighted by Crippen LogP contribution is 2.35. The lowest BCUT2D eigenvalue weighted by molar-refractivity contribution is 0.111. The highest BCUT2D eigenvalue weighted by Gasteiger charge is 2.18. The van der Waals surface area contributed by atoms with E-state index in [9.17, 15) is 8.78 Å². The van der Waals surface area contributed by atoms with Crippen molar-refractivity contribution in [2.24, 2.45) is 10.4 Å². The highest BCUT2D eigenvalue weighted by atomic mass is 19.1. The van der Waals surface area contributed by atoms with Gasteiger partial charge in [-0.2, -0.15) is 5.53 Å². The van der Waals surface area contributed by atoms with E-state index in [2.05, 4.69) is 20.6 Å². The van der Waals surface area contributed by atoms with Crippen LogP contribution >= 0.6 is 0 Å². The number of amidine groups is 1. The van der Waals surface area contributed by atoms with Crippen molar-refractivity contribution < 1.29 is 27.5 Å². The van der Waals surface area contributed by atoms with Gasteiger partial charge in [-0.1, -0.05) is 40.7 Å². The quantitative estimate of drug-likeness (QED) is 0.120. The maximum absolute atomic E-state index is 13.9. The number of methoxy groups -OCH3 is 1. The van der Waals surface area contributed by atoms with Gasteiger partial charge in [0.05, 0.1) is 12.7 Å². The van der Waals surface area contributed by atoms with Crippen LogP contribution in [0.25, 0.3) is 11.5 Å². The monoisotopic (exact) mass is 521 g/mol. The van der Waals surface area contributed by atoms with Crippen molar-refractivity contribution in [1.29, 1.82) is 10.9 Å². The van der Waals surface area contributed by atoms with E-state index in [-0.39, 0.29) is 41.4 Å². The molecule has 4 rings (SSSR count). The summed E-state index contributed by atoms with van der Waals surface area (Å²) < 4.78 is 43.6. The molecule has 0 bridgehead atoms. The molecule has 0 aliphatic carbocycles. The summed E-state index contributed by atoms with van der Waals surface area (Å²) in [5.41, 5.74) is 8.32. The predicted molar refractivity (Wildman–Crippen MR) is 131 cm³/mol. The Kier molecular flexibility index (Phi) is 7.96. The molecule has 3 aromatic carbocycles. The van der Waals surface area contributed by atoms with E-state index >= 15 is 0 Å². The van der Waals surface area contributed by atoms with Crippen LogP contribution in [-0.2, 0) is 11.4 Å². The van der Waals surface area contributed by atoms with E-state index in [4.69, 9.17) is 29.7 Å². The molecule has 38 heavy (non-hydrogen) atoms. The van der Waals surface area contributed by atoms with Crippen LogP contribution in [0.1, 0.15) is 11.5 Å². The van der Waals surface area contributed by atoms with Gasteiger partial charge in [0.2, 0.25) is 0 Å². The summed E-state index contributed by atoms with van der Waals surface area (Å²) in [5, 5.41) is 24.5. The van der Waals surface area contributed by atoms with Gasteiger partial charge in [0.15, 0.2) is 29.7 Å². The van der Waals surface area contributed by atoms with Gasteiger partial charge in [-0.05, 0) is 24.3 Å². The number of likely N-dealkylation sites (N-methyl/N-ethyl adjacent to an activating group) is 1. The molecule has 0 fully saturated rings. The Hall–Kier alpha value is -5.20. The first-order valence-electron chi connectivity index (χ1n) is 11.0. The van der Waals surface area contributed by atoms with Crippen LogP contribution in [0.15, 0.2) is 81.5 Å². The number of aromatic nitrogens is 2. The molecule has 194 valence electrons. The second-order valence-corrected chi connectivity index (χ2v) is 7.59. The average Bonchev–Trinajstić information content (AvgIpc) is 3.41. The van der Waals surface area contributed by atoms with Crippen LogP contribution in [-0.4, -0.2) is 40.9 Å². The summed E-state index contributed by atoms with van der Waals surface area (Å²) in [7, 11) is 2.87. The molecule has 0 aliphatic rings. The third-order valence-electron chi connectivity index (χ3n) is 5.08. The second-order valence-electron chi connectivity index (χ2n) is 7.59. The molecule has 0 aliphatic heterocycles. The second kappa shape index (κ2) is 11.7. The van der Waals surface area contributed by atoms with E-state index in [0.717, 1.165) is 17.1 Å². The van der Waals surface area contributed by atoms with E-state index < -0.39 is 11.6 Å². The summed E-state index contributed by atoms with van der Waals surface area (Å²) in [6.07, 6.45) is 0. The van der Waals surface area contributed by atoms with Crippen molar-refractivity contribution >= 4 is 11.5 Å². The summed E-state index contributed by atoms with van der Waals surface area (Å²) in [6, 6.07) is 16.5. The van der Waals surface area contributed by atoms with Gasteiger partial charge in [-0.3, -0.25) is 5.41 Å². The minimum absolute atomic E-state index is 0.0944. The number of hydrogen-bond acceptors (Lipinski definition) is 10. The lowest BCUT2D eigenvalue weighted by Crippen LogP contribution is -2.29. The number of ether oxygens (including phenoxy) is 2. The topological polar surface area (TPSA) is 142 Å². The molecule has 11 nitrogen and oxygen atoms in total. The maximum Gasteiger partial charge on any atom is 0.257 e. The average molecular weight is 521 g/mol. The molecule has 1 aromatic heterocycles. The minimum Gasteiger partial charge on any atom is -0.496 e. The van der Waals surface area contributed by atoms with Gasteiger partial charge in [0, 0.05) is 24.7 Å². The van der Waals surface area contributed by atoms with Crippen molar-refractivity contribution in [3.63, 3.8) is 0 Å². The van der Waals surface area contributed by atoms with Crippen LogP contribution in [0, 0.1) is 22.6 Å². The molecule has 0 saturated carbocycles. The zero-order valence-electron chi connectivity index (χ0n) is 20.2. The standard InChI is InChI=1S/C25H21F2N7O4/c1-34(33-29)24(28)23(15-6-4-3-5-7-15)32-36-14-22-30-31-25(38-22)18-10-9-17(13-21(18)35-2)37-20-11-8-16(26)12-19(20)27/h3-13,28-29H,14H2,1-2H3/b28-24?,32-23-,33-29?. The highest BCUT2D eigenvalue weighted by molar-refractivity contribution is 6.46. The SMILES string of the molecule is COc1cc(Oc2ccc(F)cc2F)ccc1-c1nnc(CO/N=C(\C(=N)N(C)N=N)c2ccccc2)o1. The van der Waals surface area contributed by atoms with Crippen LogP contribution in [0.5, 0.6) is 17.2 Å². The molecule has 1 heterocycles. The Morgan fingerprint density at radius 1 is 1.03 bits per heavy atom. The van der Waals surface area contributed by atoms with Crippen molar-refractivity contribution in [2.45, 2.75) is 6.61 Å². The molecular formula is C25H21F2N7O4. The van der Waals surface area contributed by atoms with Gasteiger partial charge in [-0.15, -0.1) is 10.2 Å². The summed E-state index contributed by atoms with van der Waals surface area (Å²) in [5.74, 6) is -1.09. The molecule has 0 amide bonds. The van der Waals surface area contributed by atoms with Gasteiger partial charge in [-0.25, -0.2) is 13.8 Å². The normalized spacial score (nSPS) is 11.1. The van der Waals surface area contributed by atoms with E-state index in [1.165, 1.54) is 32.4 Å². The number of nitrogens with one attached hydrogen (secondary N) is 2. The third-order valence-corrected chi connectivity index (χ3v) is 5.08. The Balaban J connectivity index is 1.49. The molecule has 4 aromatic rings. The smallest absolute Gasteiger partial charge is 0.257 e. The maximum atomic E-state index is 13.9. The number of benzene rings is 3. The molecule has 0 radical (unpaired) electrons. The summed E-state index contributed by atoms with van der Waals surface area (Å²) in [4.78, 5) is 5.37. The van der Waals surface area contributed by atoms with Crippen LogP contribution in [0.4, 0.5) is 8.78 Å². The largest absolute Gasteiger partial charge is 0.496 e. The molecule has 2 N–H and O–H groups in total. The lowest BCUT2D eigenvalue weighted by Gasteiger charge is -2.13. The van der Waals surface area contributed by atoms with Crippen LogP contribution in [0.2, 0.25) is 0 Å². The van der Waals surface area contributed by atoms with Gasteiger partial charge >= 0.3 is 0 Å². The number of hydrogen-bond donors (Lipinski definition) is 2. The predicted octanol–water partition coefficient (Wildman–Crippen LogP) is 5.59. The first kappa shape index (κ1) is 25.9. The number of oxime groups is 1. The fraction of sp³-hybridized carbons (Fsp3) is 0.120. The Bertz CT molecular complexity index is 1480.